The number of methoxy groups -OCH3 is 2. The van der Waals surface area contributed by atoms with Crippen molar-refractivity contribution in [3.63, 3.8) is 0 Å². The van der Waals surface area contributed by atoms with Gasteiger partial charge in [-0.15, -0.1) is 24.0 Å². The number of hydrogen-bond donors (Lipinski definition) is 2. The molecule has 0 aliphatic carbocycles. The third-order valence-corrected chi connectivity index (χ3v) is 4.44. The topological polar surface area (TPSA) is 54.9 Å². The SMILES string of the molecule is CN=C(NCc1ccc(OC)c(OC)c1)NCC(C)(C)c1cccc(F)c1.I. The minimum Gasteiger partial charge on any atom is -0.493 e. The fraction of sp³-hybridized carbons (Fsp3) is 0.381. The number of halogens is 2. The van der Waals surface area contributed by atoms with E-state index >= 15 is 0 Å². The minimum absolute atomic E-state index is 0. The van der Waals surface area contributed by atoms with E-state index in [2.05, 4.69) is 29.5 Å². The lowest BCUT2D eigenvalue weighted by Gasteiger charge is -2.27. The Hall–Kier alpha value is -2.03. The highest BCUT2D eigenvalue weighted by atomic mass is 127. The third-order valence-electron chi connectivity index (χ3n) is 4.44. The van der Waals surface area contributed by atoms with Gasteiger partial charge in [0, 0.05) is 25.6 Å². The largest absolute Gasteiger partial charge is 0.493 e. The Morgan fingerprint density at radius 2 is 1.75 bits per heavy atom. The molecule has 0 saturated carbocycles. The molecule has 0 saturated heterocycles. The second-order valence-electron chi connectivity index (χ2n) is 6.86. The highest BCUT2D eigenvalue weighted by Gasteiger charge is 2.21. The van der Waals surface area contributed by atoms with Crippen LogP contribution in [0.25, 0.3) is 0 Å². The van der Waals surface area contributed by atoms with E-state index in [4.69, 9.17) is 9.47 Å². The van der Waals surface area contributed by atoms with Crippen LogP contribution in [0.5, 0.6) is 11.5 Å². The summed E-state index contributed by atoms with van der Waals surface area (Å²) in [6.45, 7) is 5.33. The Labute approximate surface area is 183 Å². The number of nitrogens with zero attached hydrogens (tertiary/aromatic N) is 1. The maximum atomic E-state index is 13.5. The van der Waals surface area contributed by atoms with Crippen LogP contribution in [-0.2, 0) is 12.0 Å². The number of rotatable bonds is 7. The van der Waals surface area contributed by atoms with E-state index in [-0.39, 0.29) is 35.2 Å². The summed E-state index contributed by atoms with van der Waals surface area (Å²) in [6.07, 6.45) is 0. The molecular weight excluding hydrogens is 472 g/mol. The molecule has 0 unspecified atom stereocenters. The van der Waals surface area contributed by atoms with E-state index in [0.717, 1.165) is 11.1 Å². The van der Waals surface area contributed by atoms with Gasteiger partial charge in [-0.05, 0) is 35.4 Å². The monoisotopic (exact) mass is 501 g/mol. The number of nitrogens with one attached hydrogen (secondary N) is 2. The molecule has 0 aliphatic heterocycles. The van der Waals surface area contributed by atoms with Crippen LogP contribution in [0.15, 0.2) is 47.5 Å². The smallest absolute Gasteiger partial charge is 0.191 e. The predicted molar refractivity (Wildman–Crippen MR) is 123 cm³/mol. The van der Waals surface area contributed by atoms with Gasteiger partial charge in [-0.3, -0.25) is 4.99 Å². The molecule has 0 bridgehead atoms. The zero-order chi connectivity index (χ0) is 19.9. The van der Waals surface area contributed by atoms with Crippen LogP contribution >= 0.6 is 24.0 Å². The summed E-state index contributed by atoms with van der Waals surface area (Å²) in [5, 5.41) is 6.59. The third kappa shape index (κ3) is 6.54. The van der Waals surface area contributed by atoms with Crippen molar-refractivity contribution in [2.75, 3.05) is 27.8 Å². The van der Waals surface area contributed by atoms with Crippen molar-refractivity contribution < 1.29 is 13.9 Å². The molecule has 0 fully saturated rings. The molecule has 2 N–H and O–H groups in total. The van der Waals surface area contributed by atoms with Gasteiger partial charge in [0.2, 0.25) is 0 Å². The van der Waals surface area contributed by atoms with Gasteiger partial charge in [-0.25, -0.2) is 4.39 Å². The Morgan fingerprint density at radius 1 is 1.04 bits per heavy atom. The van der Waals surface area contributed by atoms with Crippen molar-refractivity contribution >= 4 is 29.9 Å². The summed E-state index contributed by atoms with van der Waals surface area (Å²) in [5.74, 6) is 1.83. The second-order valence-corrected chi connectivity index (χ2v) is 6.86. The Balaban J connectivity index is 0.00000392. The summed E-state index contributed by atoms with van der Waals surface area (Å²) in [7, 11) is 4.95. The van der Waals surface area contributed by atoms with Crippen LogP contribution in [-0.4, -0.2) is 33.8 Å². The second kappa shape index (κ2) is 11.1. The molecule has 2 aromatic rings. The fourth-order valence-corrected chi connectivity index (χ4v) is 2.71. The predicted octanol–water partition coefficient (Wildman–Crippen LogP) is 4.10. The van der Waals surface area contributed by atoms with Crippen LogP contribution in [0.1, 0.15) is 25.0 Å². The maximum Gasteiger partial charge on any atom is 0.191 e. The van der Waals surface area contributed by atoms with E-state index in [9.17, 15) is 4.39 Å². The number of hydrogen-bond acceptors (Lipinski definition) is 3. The first-order valence-electron chi connectivity index (χ1n) is 8.81. The Bertz CT molecular complexity index is 797. The molecule has 7 heteroatoms. The summed E-state index contributed by atoms with van der Waals surface area (Å²) in [6, 6.07) is 12.5. The highest BCUT2D eigenvalue weighted by Crippen LogP contribution is 2.27. The molecule has 0 spiro atoms. The van der Waals surface area contributed by atoms with Crippen molar-refractivity contribution in [2.24, 2.45) is 4.99 Å². The Morgan fingerprint density at radius 3 is 2.36 bits per heavy atom. The van der Waals surface area contributed by atoms with E-state index in [1.54, 1.807) is 33.4 Å². The van der Waals surface area contributed by atoms with Crippen molar-refractivity contribution in [2.45, 2.75) is 25.8 Å². The standard InChI is InChI=1S/C21H28FN3O2.HI/c1-21(2,16-7-6-8-17(22)12-16)14-25-20(23-3)24-13-15-9-10-18(26-4)19(11-15)27-5;/h6-12H,13-14H2,1-5H3,(H2,23,24,25);1H. The van der Waals surface area contributed by atoms with Crippen LogP contribution < -0.4 is 20.1 Å². The maximum absolute atomic E-state index is 13.5. The molecular formula is C21H29FIN3O2. The molecule has 2 aromatic carbocycles. The van der Waals surface area contributed by atoms with Gasteiger partial charge in [0.1, 0.15) is 5.82 Å². The van der Waals surface area contributed by atoms with Crippen LogP contribution in [0.4, 0.5) is 4.39 Å². The normalized spacial score (nSPS) is 11.4. The van der Waals surface area contributed by atoms with Gasteiger partial charge in [-0.2, -0.15) is 0 Å². The first-order valence-corrected chi connectivity index (χ1v) is 8.81. The molecule has 5 nitrogen and oxygen atoms in total. The molecule has 28 heavy (non-hydrogen) atoms. The van der Waals surface area contributed by atoms with Crippen molar-refractivity contribution in [3.8, 4) is 11.5 Å². The van der Waals surface area contributed by atoms with Crippen LogP contribution in [0, 0.1) is 5.82 Å². The molecule has 0 atom stereocenters. The average molecular weight is 501 g/mol. The zero-order valence-electron chi connectivity index (χ0n) is 17.0. The Kier molecular flexibility index (Phi) is 9.51. The van der Waals surface area contributed by atoms with Crippen molar-refractivity contribution in [1.29, 1.82) is 0 Å². The van der Waals surface area contributed by atoms with Crippen molar-refractivity contribution in [1.82, 2.24) is 10.6 Å². The first kappa shape index (κ1) is 24.0. The average Bonchev–Trinajstić information content (AvgIpc) is 2.67. The molecule has 0 aromatic heterocycles. The summed E-state index contributed by atoms with van der Waals surface area (Å²) in [4.78, 5) is 4.26. The summed E-state index contributed by atoms with van der Waals surface area (Å²) >= 11 is 0. The van der Waals surface area contributed by atoms with E-state index in [1.807, 2.05) is 24.3 Å². The lowest BCUT2D eigenvalue weighted by Crippen LogP contribution is -2.43. The van der Waals surface area contributed by atoms with E-state index in [1.165, 1.54) is 6.07 Å². The zero-order valence-corrected chi connectivity index (χ0v) is 19.3. The van der Waals surface area contributed by atoms with E-state index < -0.39 is 0 Å². The number of guanidine groups is 1. The number of ether oxygens (including phenoxy) is 2. The van der Waals surface area contributed by atoms with Gasteiger partial charge in [0.15, 0.2) is 17.5 Å². The fourth-order valence-electron chi connectivity index (χ4n) is 2.71. The van der Waals surface area contributed by atoms with Gasteiger partial charge >= 0.3 is 0 Å². The van der Waals surface area contributed by atoms with Gasteiger partial charge in [-0.1, -0.05) is 32.0 Å². The molecule has 2 rings (SSSR count). The summed E-state index contributed by atoms with van der Waals surface area (Å²) < 4.78 is 24.1. The number of benzene rings is 2. The number of aliphatic imine (C=N–C) groups is 1. The van der Waals surface area contributed by atoms with Gasteiger partial charge < -0.3 is 20.1 Å². The lowest BCUT2D eigenvalue weighted by molar-refractivity contribution is 0.354. The van der Waals surface area contributed by atoms with Crippen LogP contribution in [0.3, 0.4) is 0 Å². The first-order chi connectivity index (χ1) is 12.9. The van der Waals surface area contributed by atoms with Crippen LogP contribution in [0.2, 0.25) is 0 Å². The van der Waals surface area contributed by atoms with Crippen molar-refractivity contribution in [3.05, 3.63) is 59.4 Å². The molecule has 0 radical (unpaired) electrons. The molecule has 154 valence electrons. The quantitative estimate of drug-likeness (QED) is 0.341. The minimum atomic E-state index is -0.247. The van der Waals surface area contributed by atoms with Gasteiger partial charge in [0.05, 0.1) is 14.2 Å². The van der Waals surface area contributed by atoms with E-state index in [0.29, 0.717) is 30.5 Å². The lowest BCUT2D eigenvalue weighted by atomic mass is 9.84. The molecule has 0 amide bonds. The highest BCUT2D eigenvalue weighted by molar-refractivity contribution is 14.0. The van der Waals surface area contributed by atoms with Gasteiger partial charge in [0.25, 0.3) is 0 Å². The molecule has 0 aliphatic rings. The molecule has 0 heterocycles. The summed E-state index contributed by atoms with van der Waals surface area (Å²) in [5.41, 5.74) is 1.73.